The first kappa shape index (κ1) is 21.2. The summed E-state index contributed by atoms with van der Waals surface area (Å²) in [6.45, 7) is -1.23. The van der Waals surface area contributed by atoms with Crippen molar-refractivity contribution in [1.29, 1.82) is 5.26 Å². The lowest BCUT2D eigenvalue weighted by molar-refractivity contribution is -0.153. The Morgan fingerprint density at radius 3 is 2.56 bits per heavy atom. The monoisotopic (exact) mass is 446 g/mol. The zero-order valence-electron chi connectivity index (χ0n) is 16.3. The predicted molar refractivity (Wildman–Crippen MR) is 103 cm³/mol. The number of alkyl halides is 3. The van der Waals surface area contributed by atoms with Crippen molar-refractivity contribution < 1.29 is 31.8 Å². The van der Waals surface area contributed by atoms with Crippen LogP contribution in [0.15, 0.2) is 48.7 Å². The van der Waals surface area contributed by atoms with Crippen LogP contribution in [-0.4, -0.2) is 29.5 Å². The molecule has 7 nitrogen and oxygen atoms in total. The zero-order chi connectivity index (χ0) is 22.7. The molecule has 32 heavy (non-hydrogen) atoms. The van der Waals surface area contributed by atoms with E-state index < -0.39 is 18.6 Å². The lowest BCUT2D eigenvalue weighted by Crippen LogP contribution is -2.20. The Kier molecular flexibility index (Phi) is 5.68. The van der Waals surface area contributed by atoms with Gasteiger partial charge in [0.1, 0.15) is 11.8 Å². The molecular weight excluding hydrogens is 432 g/mol. The lowest BCUT2D eigenvalue weighted by atomic mass is 10.1. The number of nitriles is 1. The van der Waals surface area contributed by atoms with Gasteiger partial charge in [0, 0.05) is 12.2 Å². The first-order valence-electron chi connectivity index (χ1n) is 9.21. The minimum atomic E-state index is -4.47. The third-order valence-electron chi connectivity index (χ3n) is 4.41. The summed E-state index contributed by atoms with van der Waals surface area (Å²) < 4.78 is 67.2. The molecule has 2 aromatic carbocycles. The molecule has 2 heterocycles. The normalized spacial score (nSPS) is 12.3. The fraction of sp³-hybridized carbons (Fsp3) is 0.190. The van der Waals surface area contributed by atoms with Crippen LogP contribution in [0.1, 0.15) is 11.4 Å². The fourth-order valence-corrected chi connectivity index (χ4v) is 3.00. The number of benzene rings is 2. The molecule has 1 aromatic heterocycles. The average Bonchev–Trinajstić information content (AvgIpc) is 3.24. The van der Waals surface area contributed by atoms with Gasteiger partial charge in [0.25, 0.3) is 0 Å². The summed E-state index contributed by atoms with van der Waals surface area (Å²) in [4.78, 5) is 9.04. The molecule has 0 spiro atoms. The van der Waals surface area contributed by atoms with Gasteiger partial charge in [0.2, 0.25) is 12.6 Å². The molecule has 164 valence electrons. The summed E-state index contributed by atoms with van der Waals surface area (Å²) >= 11 is 0. The van der Waals surface area contributed by atoms with E-state index in [1.165, 1.54) is 29.2 Å². The van der Waals surface area contributed by atoms with Crippen molar-refractivity contribution in [2.24, 2.45) is 0 Å². The van der Waals surface area contributed by atoms with Gasteiger partial charge in [-0.25, -0.2) is 9.37 Å². The van der Waals surface area contributed by atoms with E-state index in [1.807, 2.05) is 0 Å². The van der Waals surface area contributed by atoms with Gasteiger partial charge in [-0.1, -0.05) is 6.07 Å². The highest BCUT2D eigenvalue weighted by Crippen LogP contribution is 2.35. The van der Waals surface area contributed by atoms with Crippen LogP contribution >= 0.6 is 0 Å². The largest absolute Gasteiger partial charge is 0.484 e. The fourth-order valence-electron chi connectivity index (χ4n) is 3.00. The summed E-state index contributed by atoms with van der Waals surface area (Å²) in [7, 11) is 0. The second kappa shape index (κ2) is 8.58. The van der Waals surface area contributed by atoms with Gasteiger partial charge in [-0.2, -0.15) is 23.4 Å². The molecule has 0 unspecified atom stereocenters. The second-order valence-electron chi connectivity index (χ2n) is 6.65. The van der Waals surface area contributed by atoms with Crippen LogP contribution in [0, 0.1) is 17.1 Å². The van der Waals surface area contributed by atoms with E-state index in [9.17, 15) is 17.6 Å². The first-order valence-corrected chi connectivity index (χ1v) is 9.21. The molecule has 0 aliphatic carbocycles. The summed E-state index contributed by atoms with van der Waals surface area (Å²) in [6.07, 6.45) is -3.59. The molecule has 4 rings (SSSR count). The van der Waals surface area contributed by atoms with E-state index in [-0.39, 0.29) is 30.7 Å². The van der Waals surface area contributed by atoms with Gasteiger partial charge < -0.3 is 19.1 Å². The topological polar surface area (TPSA) is 80.5 Å². The number of halogens is 4. The summed E-state index contributed by atoms with van der Waals surface area (Å²) in [5.74, 6) is -0.0804. The van der Waals surface area contributed by atoms with Crippen molar-refractivity contribution in [2.75, 3.05) is 18.3 Å². The summed E-state index contributed by atoms with van der Waals surface area (Å²) in [5.41, 5.74) is 1.12. The number of nitrogens with zero attached hydrogens (tertiary/aromatic N) is 4. The van der Waals surface area contributed by atoms with Gasteiger partial charge in [0.05, 0.1) is 6.20 Å². The maximum atomic E-state index is 14.6. The highest BCUT2D eigenvalue weighted by atomic mass is 19.4. The maximum Gasteiger partial charge on any atom is 0.422 e. The highest BCUT2D eigenvalue weighted by Gasteiger charge is 2.28. The molecular formula is C21H14F4N4O3. The molecule has 0 bridgehead atoms. The van der Waals surface area contributed by atoms with Gasteiger partial charge >= 0.3 is 6.18 Å². The number of rotatable bonds is 6. The van der Waals surface area contributed by atoms with Gasteiger partial charge in [-0.15, -0.1) is 0 Å². The van der Waals surface area contributed by atoms with Crippen LogP contribution in [0.5, 0.6) is 17.2 Å². The van der Waals surface area contributed by atoms with Gasteiger partial charge in [-0.05, 0) is 42.0 Å². The highest BCUT2D eigenvalue weighted by molar-refractivity contribution is 5.62. The van der Waals surface area contributed by atoms with E-state index in [0.717, 1.165) is 6.20 Å². The SMILES string of the molecule is N#Cc1ncc(F)c(N(Cc2ccc3c(c2)OCO3)c2ccc(OCC(F)(F)F)cc2)n1. The average molecular weight is 446 g/mol. The zero-order valence-corrected chi connectivity index (χ0v) is 16.3. The molecule has 11 heteroatoms. The number of aromatic nitrogens is 2. The molecule has 0 fully saturated rings. The third-order valence-corrected chi connectivity index (χ3v) is 4.41. The molecule has 0 atom stereocenters. The van der Waals surface area contributed by atoms with Crippen molar-refractivity contribution in [2.45, 2.75) is 12.7 Å². The molecule has 0 N–H and O–H groups in total. The Bertz CT molecular complexity index is 1160. The van der Waals surface area contributed by atoms with Crippen LogP contribution in [0.25, 0.3) is 0 Å². The second-order valence-corrected chi connectivity index (χ2v) is 6.65. The van der Waals surface area contributed by atoms with Crippen molar-refractivity contribution in [1.82, 2.24) is 9.97 Å². The quantitative estimate of drug-likeness (QED) is 0.516. The van der Waals surface area contributed by atoms with E-state index >= 15 is 0 Å². The van der Waals surface area contributed by atoms with E-state index in [0.29, 0.717) is 22.7 Å². The Morgan fingerprint density at radius 1 is 1.09 bits per heavy atom. The van der Waals surface area contributed by atoms with Crippen LogP contribution in [0.3, 0.4) is 0 Å². The summed E-state index contributed by atoms with van der Waals surface area (Å²) in [5, 5.41) is 9.11. The molecule has 1 aliphatic heterocycles. The molecule has 0 saturated heterocycles. The standard InChI is InChI=1S/C21H14F4N4O3/c22-16-9-27-19(8-26)28-20(16)29(10-13-1-6-17-18(7-13)32-12-31-17)14-2-4-15(5-3-14)30-11-21(23,24)25/h1-7,9H,10-12H2. The van der Waals surface area contributed by atoms with Crippen LogP contribution < -0.4 is 19.1 Å². The Morgan fingerprint density at radius 2 is 1.84 bits per heavy atom. The number of hydrogen-bond acceptors (Lipinski definition) is 7. The molecule has 0 radical (unpaired) electrons. The molecule has 0 saturated carbocycles. The Labute approximate surface area is 179 Å². The Hall–Kier alpha value is -4.07. The molecule has 0 amide bonds. The van der Waals surface area contributed by atoms with Crippen molar-refractivity contribution in [3.8, 4) is 23.3 Å². The smallest absolute Gasteiger partial charge is 0.422 e. The van der Waals surface area contributed by atoms with Crippen LogP contribution in [0.2, 0.25) is 0 Å². The van der Waals surface area contributed by atoms with Crippen molar-refractivity contribution in [3.63, 3.8) is 0 Å². The van der Waals surface area contributed by atoms with E-state index in [1.54, 1.807) is 24.3 Å². The van der Waals surface area contributed by atoms with Crippen molar-refractivity contribution in [3.05, 3.63) is 65.9 Å². The molecule has 3 aromatic rings. The first-order chi connectivity index (χ1) is 15.3. The minimum absolute atomic E-state index is 0.00465. The maximum absolute atomic E-state index is 14.6. The minimum Gasteiger partial charge on any atom is -0.484 e. The predicted octanol–water partition coefficient (Wildman–Crippen LogP) is 4.50. The number of hydrogen-bond donors (Lipinski definition) is 0. The van der Waals surface area contributed by atoms with Crippen LogP contribution in [0.4, 0.5) is 29.1 Å². The Balaban J connectivity index is 1.67. The lowest BCUT2D eigenvalue weighted by Gasteiger charge is -2.25. The molecule has 1 aliphatic rings. The van der Waals surface area contributed by atoms with E-state index in [2.05, 4.69) is 9.97 Å². The van der Waals surface area contributed by atoms with Crippen LogP contribution in [-0.2, 0) is 6.54 Å². The van der Waals surface area contributed by atoms with Gasteiger partial charge in [-0.3, -0.25) is 0 Å². The number of fused-ring (bicyclic) bond motifs is 1. The van der Waals surface area contributed by atoms with Gasteiger partial charge in [0.15, 0.2) is 29.7 Å². The number of anilines is 2. The summed E-state index contributed by atoms with van der Waals surface area (Å²) in [6, 6.07) is 12.5. The number of ether oxygens (including phenoxy) is 3. The van der Waals surface area contributed by atoms with Crippen molar-refractivity contribution >= 4 is 11.5 Å². The van der Waals surface area contributed by atoms with E-state index in [4.69, 9.17) is 19.5 Å². The third kappa shape index (κ3) is 4.80.